The summed E-state index contributed by atoms with van der Waals surface area (Å²) in [5, 5.41) is 0. The Morgan fingerprint density at radius 1 is 0.642 bits per heavy atom. The van der Waals surface area contributed by atoms with E-state index in [1.807, 2.05) is 3.21 Å². The first-order valence-electron chi connectivity index (χ1n) is 19.1. The maximum Gasteiger partial charge on any atom is -1.00 e. The maximum absolute atomic E-state index is 2.81. The van der Waals surface area contributed by atoms with E-state index in [4.69, 9.17) is 0 Å². The Hall–Kier alpha value is -2.83. The molecular weight excluding hydrogens is 763 g/mol. The van der Waals surface area contributed by atoms with E-state index in [2.05, 4.69) is 178 Å². The monoisotopic (exact) mass is 814 g/mol. The zero-order valence-corrected chi connectivity index (χ0v) is 37.2. The number of hydrogen-bond donors (Lipinski definition) is 0. The number of rotatable bonds is 6. The Balaban J connectivity index is 0.00000240. The first kappa shape index (κ1) is 39.9. The number of allylic oxidation sites excluding steroid dienone is 8. The fourth-order valence-electron chi connectivity index (χ4n) is 9.78. The van der Waals surface area contributed by atoms with Crippen LogP contribution in [0.15, 0.2) is 118 Å². The molecule has 272 valence electrons. The van der Waals surface area contributed by atoms with Crippen LogP contribution in [-0.2, 0) is 44.9 Å². The van der Waals surface area contributed by atoms with Gasteiger partial charge in [-0.1, -0.05) is 0 Å². The van der Waals surface area contributed by atoms with Crippen molar-refractivity contribution in [2.75, 3.05) is 0 Å². The van der Waals surface area contributed by atoms with Crippen LogP contribution in [0.2, 0.25) is 0 Å². The fraction of sp³-hybridized carbons (Fsp3) is 0.340. The first-order valence-corrected chi connectivity index (χ1v) is 23.0. The van der Waals surface area contributed by atoms with Crippen molar-refractivity contribution < 1.29 is 46.1 Å². The molecule has 53 heavy (non-hydrogen) atoms. The molecule has 0 aliphatic heterocycles. The molecular formula is C50H54Cl2Zr. The van der Waals surface area contributed by atoms with Gasteiger partial charge in [0.2, 0.25) is 0 Å². The van der Waals surface area contributed by atoms with E-state index in [1.165, 1.54) is 61.2 Å². The molecule has 0 fully saturated rings. The molecule has 0 spiro atoms. The SMILES string of the molecule is CC1=CC(C)(C)c2cc3c(cc21)-c1cc2c(cc1[CH]3[Zr+2]([C]1=CC(C(C)(C)C)=CC1C)=[C](Cc1ccccc1)Cc1ccccc1)C(C)(C)C=C2C.[Cl-].[Cl-]. The van der Waals surface area contributed by atoms with Crippen LogP contribution in [-0.4, -0.2) is 3.21 Å². The van der Waals surface area contributed by atoms with Crippen LogP contribution in [0.4, 0.5) is 0 Å². The van der Waals surface area contributed by atoms with Crippen molar-refractivity contribution >= 4 is 14.4 Å². The van der Waals surface area contributed by atoms with Crippen LogP contribution in [0, 0.1) is 11.3 Å². The molecule has 0 saturated heterocycles. The van der Waals surface area contributed by atoms with Gasteiger partial charge in [0, 0.05) is 0 Å². The van der Waals surface area contributed by atoms with E-state index in [0.717, 1.165) is 12.8 Å². The van der Waals surface area contributed by atoms with Gasteiger partial charge < -0.3 is 24.8 Å². The summed E-state index contributed by atoms with van der Waals surface area (Å²) in [6, 6.07) is 33.3. The molecule has 3 heteroatoms. The van der Waals surface area contributed by atoms with E-state index >= 15 is 0 Å². The molecule has 0 heterocycles. The summed E-state index contributed by atoms with van der Waals surface area (Å²) in [5.41, 5.74) is 19.6. The van der Waals surface area contributed by atoms with E-state index in [1.54, 1.807) is 14.4 Å². The van der Waals surface area contributed by atoms with Gasteiger partial charge in [-0.05, 0) is 0 Å². The van der Waals surface area contributed by atoms with Crippen LogP contribution in [0.5, 0.6) is 0 Å². The van der Waals surface area contributed by atoms with Crippen LogP contribution in [0.25, 0.3) is 22.3 Å². The van der Waals surface area contributed by atoms with Gasteiger partial charge >= 0.3 is 317 Å². The van der Waals surface area contributed by atoms with Crippen LogP contribution < -0.4 is 24.8 Å². The minimum absolute atomic E-state index is 0. The van der Waals surface area contributed by atoms with Crippen molar-refractivity contribution in [3.63, 3.8) is 0 Å². The number of halogens is 2. The molecule has 0 bridgehead atoms. The van der Waals surface area contributed by atoms with Gasteiger partial charge in [0.1, 0.15) is 0 Å². The van der Waals surface area contributed by atoms with Crippen molar-refractivity contribution in [1.82, 2.24) is 0 Å². The maximum atomic E-state index is 2.71. The van der Waals surface area contributed by atoms with Crippen molar-refractivity contribution in [2.24, 2.45) is 11.3 Å². The topological polar surface area (TPSA) is 0 Å². The molecule has 4 aromatic carbocycles. The first-order chi connectivity index (χ1) is 24.1. The Bertz CT molecular complexity index is 2120. The largest absolute Gasteiger partial charge is 1.00 e. The number of fused-ring (bicyclic) bond motifs is 5. The summed E-state index contributed by atoms with van der Waals surface area (Å²) in [5.74, 6) is 0.451. The van der Waals surface area contributed by atoms with Gasteiger partial charge in [-0.15, -0.1) is 0 Å². The molecule has 1 unspecified atom stereocenters. The molecule has 0 radical (unpaired) electrons. The quantitative estimate of drug-likeness (QED) is 0.198. The summed E-state index contributed by atoms with van der Waals surface area (Å²) in [6.07, 6.45) is 12.4. The fourth-order valence-corrected chi connectivity index (χ4v) is 19.4. The van der Waals surface area contributed by atoms with Gasteiger partial charge in [-0.25, -0.2) is 0 Å². The minimum Gasteiger partial charge on any atom is -1.00 e. The Morgan fingerprint density at radius 3 is 1.47 bits per heavy atom. The predicted molar refractivity (Wildman–Crippen MR) is 217 cm³/mol. The summed E-state index contributed by atoms with van der Waals surface area (Å²) >= 11 is -2.81. The Labute approximate surface area is 339 Å². The summed E-state index contributed by atoms with van der Waals surface area (Å²) in [4.78, 5) is 0. The third-order valence-electron chi connectivity index (χ3n) is 12.3. The van der Waals surface area contributed by atoms with Crippen molar-refractivity contribution in [1.29, 1.82) is 0 Å². The summed E-state index contributed by atoms with van der Waals surface area (Å²) in [6.45, 7) is 24.0. The van der Waals surface area contributed by atoms with Gasteiger partial charge in [0.25, 0.3) is 0 Å². The van der Waals surface area contributed by atoms with Crippen molar-refractivity contribution in [2.45, 2.75) is 96.5 Å². The molecule has 0 nitrogen and oxygen atoms in total. The summed E-state index contributed by atoms with van der Waals surface area (Å²) < 4.78 is 4.00. The molecule has 0 amide bonds. The normalized spacial score (nSPS) is 18.5. The number of hydrogen-bond acceptors (Lipinski definition) is 0. The van der Waals surface area contributed by atoms with Gasteiger partial charge in [0.05, 0.1) is 0 Å². The van der Waals surface area contributed by atoms with E-state index in [9.17, 15) is 0 Å². The van der Waals surface area contributed by atoms with Crippen LogP contribution in [0.3, 0.4) is 0 Å². The smallest absolute Gasteiger partial charge is 1.00 e. The minimum atomic E-state index is -2.81. The molecule has 4 aliphatic rings. The molecule has 0 saturated carbocycles. The number of benzene rings is 4. The molecule has 0 aromatic heterocycles. The average Bonchev–Trinajstić information content (AvgIpc) is 3.74. The van der Waals surface area contributed by atoms with Crippen molar-refractivity contribution in [3.8, 4) is 11.1 Å². The zero-order chi connectivity index (χ0) is 36.0. The Kier molecular flexibility index (Phi) is 10.8. The van der Waals surface area contributed by atoms with E-state index in [-0.39, 0.29) is 41.1 Å². The molecule has 1 atom stereocenters. The van der Waals surface area contributed by atoms with Crippen LogP contribution >= 0.6 is 0 Å². The summed E-state index contributed by atoms with van der Waals surface area (Å²) in [7, 11) is 0. The van der Waals surface area contributed by atoms with Gasteiger partial charge in [-0.3, -0.25) is 0 Å². The second kappa shape index (κ2) is 14.4. The third kappa shape index (κ3) is 6.98. The molecule has 4 aromatic rings. The Morgan fingerprint density at radius 2 is 1.08 bits per heavy atom. The van der Waals surface area contributed by atoms with E-state index in [0.29, 0.717) is 9.54 Å². The molecule has 8 rings (SSSR count). The standard InChI is InChI=1S/C25H25.C15H14.C10H15.2ClH.Zr/c1-14-12-24(3,4)22-8-16-7-17-9-23-19(15(2)13-25(23,5)6)11-21(17)20(16)10-18(14)22;1-3-8-14(9-4-1)12-7-13-15-10-5-2-6-11-15;1-8-5-6-9(7-8)10(2,3)4;;;/h7-13H,1-6H3;1-6,8-11H,12-13H2;6-8H,1-4H3;2*1H;/q;;;;;+2/p-2. The third-order valence-corrected chi connectivity index (χ3v) is 21.0. The average molecular weight is 817 g/mol. The van der Waals surface area contributed by atoms with Gasteiger partial charge in [-0.2, -0.15) is 0 Å². The predicted octanol–water partition coefficient (Wildman–Crippen LogP) is 6.94. The molecule has 4 aliphatic carbocycles. The second-order valence-electron chi connectivity index (χ2n) is 18.1. The van der Waals surface area contributed by atoms with Crippen LogP contribution in [0.1, 0.15) is 117 Å². The van der Waals surface area contributed by atoms with Gasteiger partial charge in [0.15, 0.2) is 0 Å². The van der Waals surface area contributed by atoms with Crippen molar-refractivity contribution in [3.05, 3.63) is 163 Å². The molecule has 0 N–H and O–H groups in total. The van der Waals surface area contributed by atoms with E-state index < -0.39 is 21.3 Å². The zero-order valence-electron chi connectivity index (χ0n) is 33.2. The second-order valence-corrected chi connectivity index (χ2v) is 24.7.